The summed E-state index contributed by atoms with van der Waals surface area (Å²) in [7, 11) is -16.9. The summed E-state index contributed by atoms with van der Waals surface area (Å²) in [6, 6.07) is 0. The van der Waals surface area contributed by atoms with Crippen LogP contribution in [0.5, 0.6) is 0 Å². The Bertz CT molecular complexity index is 630. The SMILES string of the molecule is C[C@H]1C[C@@H](O)[C@](COP(=O)(O)OP(=O)(O)OP(=O)(O)O)([N+](=O)[O-])O1. The molecule has 1 aliphatic heterocycles. The van der Waals surface area contributed by atoms with Crippen LogP contribution in [0.15, 0.2) is 0 Å². The van der Waals surface area contributed by atoms with Crippen LogP contribution < -0.4 is 0 Å². The van der Waals surface area contributed by atoms with Crippen molar-refractivity contribution >= 4 is 23.5 Å². The van der Waals surface area contributed by atoms with Crippen molar-refractivity contribution in [2.75, 3.05) is 6.61 Å². The summed E-state index contributed by atoms with van der Waals surface area (Å²) >= 11 is 0. The third kappa shape index (κ3) is 5.92. The number of aliphatic hydroxyl groups is 1. The maximum absolute atomic E-state index is 11.5. The molecule has 0 spiro atoms. The molecule has 1 saturated heterocycles. The first-order valence-electron chi connectivity index (χ1n) is 5.87. The first kappa shape index (κ1) is 21.8. The number of rotatable bonds is 8. The molecule has 5 atom stereocenters. The molecule has 142 valence electrons. The molecule has 0 radical (unpaired) electrons. The van der Waals surface area contributed by atoms with Gasteiger partial charge in [0.05, 0.1) is 11.0 Å². The van der Waals surface area contributed by atoms with Crippen molar-refractivity contribution in [1.29, 1.82) is 0 Å². The first-order valence-corrected chi connectivity index (χ1v) is 10.4. The first-order chi connectivity index (χ1) is 10.6. The van der Waals surface area contributed by atoms with E-state index in [2.05, 4.69) is 13.1 Å². The Kier molecular flexibility index (Phi) is 6.49. The van der Waals surface area contributed by atoms with E-state index < -0.39 is 52.9 Å². The topological polar surface area (TPSA) is 232 Å². The van der Waals surface area contributed by atoms with Gasteiger partial charge in [-0.05, 0) is 6.92 Å². The fourth-order valence-electron chi connectivity index (χ4n) is 1.80. The zero-order valence-corrected chi connectivity index (χ0v) is 14.5. The zero-order chi connectivity index (χ0) is 19.0. The third-order valence-corrected chi connectivity index (χ3v) is 6.42. The molecule has 2 unspecified atom stereocenters. The summed E-state index contributed by atoms with van der Waals surface area (Å²) in [5.41, 5.74) is -2.63. The summed E-state index contributed by atoms with van der Waals surface area (Å²) < 4.78 is 49.0. The van der Waals surface area contributed by atoms with E-state index in [0.717, 1.165) is 0 Å². The number of phosphoric ester groups is 1. The Labute approximate surface area is 133 Å². The minimum atomic E-state index is -5.74. The van der Waals surface area contributed by atoms with Crippen LogP contribution in [0.25, 0.3) is 0 Å². The van der Waals surface area contributed by atoms with Gasteiger partial charge in [-0.15, -0.1) is 0 Å². The van der Waals surface area contributed by atoms with E-state index in [4.69, 9.17) is 19.4 Å². The van der Waals surface area contributed by atoms with Crippen molar-refractivity contribution in [3.63, 3.8) is 0 Å². The standard InChI is InChI=1S/C6H14NO14P3/c1-4-2-5(8)6(19-4,7(9)10)3-18-23(14,15)21-24(16,17)20-22(11,12)13/h4-5,8H,2-3H2,1H3,(H,14,15)(H,16,17)(H2,11,12,13)/t4-,5+,6+/m0/s1. The molecule has 0 aliphatic carbocycles. The van der Waals surface area contributed by atoms with E-state index >= 15 is 0 Å². The van der Waals surface area contributed by atoms with Crippen LogP contribution in [-0.2, 0) is 31.6 Å². The van der Waals surface area contributed by atoms with Gasteiger partial charge in [-0.25, -0.2) is 13.7 Å². The number of aliphatic hydroxyl groups excluding tert-OH is 1. The summed E-state index contributed by atoms with van der Waals surface area (Å²) in [6.45, 7) is 0.00843. The number of hydrogen-bond donors (Lipinski definition) is 5. The summed E-state index contributed by atoms with van der Waals surface area (Å²) in [4.78, 5) is 44.8. The number of ether oxygens (including phenoxy) is 1. The third-order valence-electron chi connectivity index (χ3n) is 2.64. The van der Waals surface area contributed by atoms with Crippen molar-refractivity contribution in [2.24, 2.45) is 0 Å². The lowest BCUT2D eigenvalue weighted by atomic mass is 10.1. The minimum absolute atomic E-state index is 0.194. The van der Waals surface area contributed by atoms with Crippen LogP contribution in [0.2, 0.25) is 0 Å². The molecule has 0 amide bonds. The molecule has 1 heterocycles. The second kappa shape index (κ2) is 7.16. The highest BCUT2D eigenvalue weighted by Gasteiger charge is 2.59. The highest BCUT2D eigenvalue weighted by Crippen LogP contribution is 2.66. The second-order valence-electron chi connectivity index (χ2n) is 4.65. The highest BCUT2D eigenvalue weighted by molar-refractivity contribution is 7.66. The van der Waals surface area contributed by atoms with E-state index in [0.29, 0.717) is 0 Å². The van der Waals surface area contributed by atoms with Gasteiger partial charge in [0.1, 0.15) is 0 Å². The van der Waals surface area contributed by atoms with Gasteiger partial charge >= 0.3 is 29.2 Å². The maximum atomic E-state index is 11.5. The lowest BCUT2D eigenvalue weighted by Crippen LogP contribution is -2.51. The smallest absolute Gasteiger partial charge is 0.383 e. The molecule has 18 heteroatoms. The molecular formula is C6H14NO14P3. The van der Waals surface area contributed by atoms with Gasteiger partial charge in [0.2, 0.25) is 0 Å². The highest BCUT2D eigenvalue weighted by atomic mass is 31.3. The molecule has 0 aromatic carbocycles. The molecule has 0 bridgehead atoms. The zero-order valence-electron chi connectivity index (χ0n) is 11.8. The number of hydrogen-bond acceptors (Lipinski definition) is 10. The van der Waals surface area contributed by atoms with Gasteiger partial charge in [0.25, 0.3) is 0 Å². The van der Waals surface area contributed by atoms with E-state index in [9.17, 15) is 33.8 Å². The monoisotopic (exact) mass is 417 g/mol. The maximum Gasteiger partial charge on any atom is 0.490 e. The molecule has 0 saturated carbocycles. The Balaban J connectivity index is 2.84. The number of nitrogens with zero attached hydrogens (tertiary/aromatic N) is 1. The second-order valence-corrected chi connectivity index (χ2v) is 9.07. The van der Waals surface area contributed by atoms with Crippen molar-refractivity contribution in [2.45, 2.75) is 31.3 Å². The van der Waals surface area contributed by atoms with Crippen LogP contribution in [-0.4, -0.2) is 54.1 Å². The van der Waals surface area contributed by atoms with Crippen LogP contribution in [0.3, 0.4) is 0 Å². The van der Waals surface area contributed by atoms with E-state index in [1.807, 2.05) is 0 Å². The van der Waals surface area contributed by atoms with Crippen LogP contribution in [0, 0.1) is 10.1 Å². The molecule has 1 fully saturated rings. The minimum Gasteiger partial charge on any atom is -0.383 e. The average Bonchev–Trinajstić information content (AvgIpc) is 2.57. The average molecular weight is 417 g/mol. The summed E-state index contributed by atoms with van der Waals surface area (Å²) in [5, 5.41) is 20.7. The molecular weight excluding hydrogens is 403 g/mol. The Morgan fingerprint density at radius 2 is 1.75 bits per heavy atom. The molecule has 1 aliphatic rings. The van der Waals surface area contributed by atoms with Crippen molar-refractivity contribution < 1.29 is 61.2 Å². The quantitative estimate of drug-likeness (QED) is 0.190. The molecule has 24 heavy (non-hydrogen) atoms. The van der Waals surface area contributed by atoms with Crippen LogP contribution in [0.1, 0.15) is 13.3 Å². The molecule has 5 N–H and O–H groups in total. The molecule has 1 rings (SSSR count). The van der Waals surface area contributed by atoms with E-state index in [-0.39, 0.29) is 6.42 Å². The Morgan fingerprint density at radius 3 is 2.12 bits per heavy atom. The fraction of sp³-hybridized carbons (Fsp3) is 1.00. The fourth-order valence-corrected chi connectivity index (χ4v) is 4.84. The van der Waals surface area contributed by atoms with E-state index in [1.165, 1.54) is 6.92 Å². The number of phosphoric acid groups is 3. The van der Waals surface area contributed by atoms with Crippen molar-refractivity contribution in [1.82, 2.24) is 0 Å². The van der Waals surface area contributed by atoms with Crippen molar-refractivity contribution in [3.8, 4) is 0 Å². The van der Waals surface area contributed by atoms with Gasteiger partial charge in [-0.3, -0.25) is 14.6 Å². The molecule has 0 aromatic heterocycles. The predicted octanol–water partition coefficient (Wildman–Crippen LogP) is -0.528. The predicted molar refractivity (Wildman–Crippen MR) is 70.7 cm³/mol. The largest absolute Gasteiger partial charge is 0.490 e. The van der Waals surface area contributed by atoms with Gasteiger partial charge in [0.15, 0.2) is 12.7 Å². The van der Waals surface area contributed by atoms with Gasteiger partial charge in [-0.2, -0.15) is 8.62 Å². The Hall–Kier alpha value is -0.270. The lowest BCUT2D eigenvalue weighted by Gasteiger charge is -2.24. The Morgan fingerprint density at radius 1 is 1.21 bits per heavy atom. The van der Waals surface area contributed by atoms with Gasteiger partial charge in [-0.1, -0.05) is 0 Å². The normalized spacial score (nSPS) is 32.9. The number of nitro groups is 1. The van der Waals surface area contributed by atoms with Crippen LogP contribution in [0.4, 0.5) is 0 Å². The van der Waals surface area contributed by atoms with Gasteiger partial charge in [0, 0.05) is 6.42 Å². The molecule has 15 nitrogen and oxygen atoms in total. The summed E-state index contributed by atoms with van der Waals surface area (Å²) in [6.07, 6.45) is -2.72. The lowest BCUT2D eigenvalue weighted by molar-refractivity contribution is -0.637. The van der Waals surface area contributed by atoms with Gasteiger partial charge < -0.3 is 29.4 Å². The van der Waals surface area contributed by atoms with Crippen molar-refractivity contribution in [3.05, 3.63) is 10.1 Å². The molecule has 0 aromatic rings. The summed E-state index contributed by atoms with van der Waals surface area (Å²) in [5.74, 6) is 0. The van der Waals surface area contributed by atoms with E-state index in [1.54, 1.807) is 0 Å². The van der Waals surface area contributed by atoms with Crippen LogP contribution >= 0.6 is 23.5 Å².